The largest absolute Gasteiger partial charge is 0.626 e. The predicted octanol–water partition coefficient (Wildman–Crippen LogP) is -2.90. The summed E-state index contributed by atoms with van der Waals surface area (Å²) in [6.07, 6.45) is -1.56. The number of anilines is 1. The highest BCUT2D eigenvalue weighted by Gasteiger charge is 2.51. The van der Waals surface area contributed by atoms with Crippen molar-refractivity contribution >= 4 is 22.9 Å². The predicted molar refractivity (Wildman–Crippen MR) is 78.0 cm³/mol. The lowest BCUT2D eigenvalue weighted by molar-refractivity contribution is -0.780. The number of hydrogen-bond donors (Lipinski definition) is 4. The Morgan fingerprint density at radius 3 is 2.79 bits per heavy atom. The smallest absolute Gasteiger partial charge is 0.344 e. The molecule has 24 heavy (non-hydrogen) atoms. The van der Waals surface area contributed by atoms with Gasteiger partial charge >= 0.3 is 5.91 Å². The fourth-order valence-corrected chi connectivity index (χ4v) is 2.85. The van der Waals surface area contributed by atoms with Crippen molar-refractivity contribution in [3.8, 4) is 0 Å². The Morgan fingerprint density at radius 2 is 2.08 bits per heavy atom. The highest BCUT2D eigenvalue weighted by Crippen LogP contribution is 2.32. The Morgan fingerprint density at radius 1 is 1.33 bits per heavy atom. The number of rotatable bonds is 3. The molecule has 2 aromatic rings. The van der Waals surface area contributed by atoms with Crippen LogP contribution in [0.4, 0.5) is 5.82 Å². The number of quaternary nitrogens is 1. The summed E-state index contributed by atoms with van der Waals surface area (Å²) in [4.78, 5) is 24.1. The van der Waals surface area contributed by atoms with Crippen LogP contribution < -0.4 is 10.8 Å². The van der Waals surface area contributed by atoms with E-state index in [2.05, 4.69) is 15.0 Å². The molecule has 1 saturated heterocycles. The van der Waals surface area contributed by atoms with Crippen LogP contribution in [0.3, 0.4) is 0 Å². The number of fused-ring (bicyclic) bond motifs is 1. The Labute approximate surface area is 135 Å². The third kappa shape index (κ3) is 2.25. The Bertz CT molecular complexity index is 792. The first-order chi connectivity index (χ1) is 11.5. The molecule has 0 bridgehead atoms. The van der Waals surface area contributed by atoms with Crippen molar-refractivity contribution in [3.05, 3.63) is 17.9 Å². The first-order valence-corrected chi connectivity index (χ1v) is 7.51. The molecule has 5 atom stereocenters. The van der Waals surface area contributed by atoms with Crippen molar-refractivity contribution in [3.63, 3.8) is 0 Å². The van der Waals surface area contributed by atoms with Crippen molar-refractivity contribution in [2.24, 2.45) is 0 Å². The summed E-state index contributed by atoms with van der Waals surface area (Å²) in [7, 11) is 0. The van der Waals surface area contributed by atoms with E-state index in [-0.39, 0.29) is 11.9 Å². The Hall–Kier alpha value is -2.18. The molecule has 4 rings (SSSR count). The summed E-state index contributed by atoms with van der Waals surface area (Å²) >= 11 is 0. The molecule has 0 aromatic carbocycles. The van der Waals surface area contributed by atoms with Crippen LogP contribution in [0.15, 0.2) is 12.7 Å². The number of nitrogen functional groups attached to an aromatic ring is 1. The molecule has 2 fully saturated rings. The van der Waals surface area contributed by atoms with Gasteiger partial charge in [0.2, 0.25) is 6.10 Å². The molecule has 5 N–H and O–H groups in total. The number of imidazole rings is 1. The van der Waals surface area contributed by atoms with Gasteiger partial charge < -0.3 is 31.0 Å². The van der Waals surface area contributed by atoms with Gasteiger partial charge in [-0.1, -0.05) is 0 Å². The number of carbonyl (C=O) groups is 1. The van der Waals surface area contributed by atoms with Gasteiger partial charge in [-0.3, -0.25) is 4.57 Å². The van der Waals surface area contributed by atoms with Gasteiger partial charge in [-0.2, -0.15) is 0 Å². The molecule has 11 heteroatoms. The number of nitrogens with one attached hydrogen (secondary N) is 1. The summed E-state index contributed by atoms with van der Waals surface area (Å²) in [5.41, 5.74) is 6.31. The fourth-order valence-electron chi connectivity index (χ4n) is 2.85. The maximum absolute atomic E-state index is 12.2. The van der Waals surface area contributed by atoms with Gasteiger partial charge in [-0.05, 0) is 0 Å². The lowest BCUT2D eigenvalue weighted by atomic mass is 10.1. The van der Waals surface area contributed by atoms with Crippen LogP contribution in [0.2, 0.25) is 0 Å². The van der Waals surface area contributed by atoms with Crippen LogP contribution in [-0.4, -0.2) is 60.0 Å². The second-order valence-electron chi connectivity index (χ2n) is 6.01. The standard InChI is InChI=1S/C13H16N6O5/c14-10-6-11(16-3-15-10)18(4-17-6)13-8(21)7(20)9(24-13)12(22)19(23)5-1-2-5/h3-5,7-9,13,19-21H,1-2H2,(H2,14,15,16)/t7-,8+,9-,13+/m0/s1. The van der Waals surface area contributed by atoms with Crippen LogP contribution in [0, 0.1) is 5.21 Å². The summed E-state index contributed by atoms with van der Waals surface area (Å²) in [5.74, 6) is -0.659. The molecular formula is C13H16N6O5. The third-order valence-electron chi connectivity index (χ3n) is 4.35. The number of aromatic nitrogens is 4. The summed E-state index contributed by atoms with van der Waals surface area (Å²) < 4.78 is 6.85. The zero-order valence-corrected chi connectivity index (χ0v) is 12.4. The molecule has 1 aliphatic carbocycles. The van der Waals surface area contributed by atoms with E-state index >= 15 is 0 Å². The quantitative estimate of drug-likeness (QED) is 0.430. The highest BCUT2D eigenvalue weighted by molar-refractivity contribution is 5.81. The molecule has 11 nitrogen and oxygen atoms in total. The van der Waals surface area contributed by atoms with E-state index in [1.54, 1.807) is 0 Å². The van der Waals surface area contributed by atoms with Gasteiger partial charge in [0.15, 0.2) is 17.7 Å². The molecule has 128 valence electrons. The van der Waals surface area contributed by atoms with Crippen molar-refractivity contribution in [1.29, 1.82) is 0 Å². The van der Waals surface area contributed by atoms with Crippen molar-refractivity contribution in [2.45, 2.75) is 43.4 Å². The summed E-state index contributed by atoms with van der Waals surface area (Å²) in [6.45, 7) is 0. The van der Waals surface area contributed by atoms with Gasteiger partial charge in [0.25, 0.3) is 0 Å². The fraction of sp³-hybridized carbons (Fsp3) is 0.538. The Balaban J connectivity index is 1.64. The zero-order chi connectivity index (χ0) is 17.0. The van der Waals surface area contributed by atoms with E-state index in [0.717, 1.165) is 0 Å². The highest BCUT2D eigenvalue weighted by atomic mass is 16.6. The number of carbonyl (C=O) groups excluding carboxylic acids is 1. The topological polar surface area (TPSA) is 164 Å². The average molecular weight is 336 g/mol. The van der Waals surface area contributed by atoms with E-state index < -0.39 is 35.5 Å². The SMILES string of the molecule is Nc1ncnc2c1ncn2[C@@H]1O[C@H](C(=O)[NH+]([O-])C2CC2)[C@@H](O)[C@H]1O. The minimum Gasteiger partial charge on any atom is -0.626 e. The number of nitrogens with zero attached hydrogens (tertiary/aromatic N) is 4. The maximum atomic E-state index is 12.2. The summed E-state index contributed by atoms with van der Waals surface area (Å²) in [5, 5.41) is 31.7. The summed E-state index contributed by atoms with van der Waals surface area (Å²) in [6, 6.07) is -0.286. The van der Waals surface area contributed by atoms with E-state index in [4.69, 9.17) is 10.5 Å². The molecule has 1 aliphatic heterocycles. The molecule has 2 aromatic heterocycles. The second-order valence-corrected chi connectivity index (χ2v) is 6.01. The van der Waals surface area contributed by atoms with Crippen LogP contribution in [0.25, 0.3) is 11.2 Å². The minimum absolute atomic E-state index is 0.156. The maximum Gasteiger partial charge on any atom is 0.344 e. The average Bonchev–Trinajstić information content (AvgIpc) is 3.27. The van der Waals surface area contributed by atoms with Crippen molar-refractivity contribution in [2.75, 3.05) is 5.73 Å². The molecule has 1 amide bonds. The number of nitrogens with two attached hydrogens (primary N) is 1. The lowest BCUT2D eigenvalue weighted by Crippen LogP contribution is -3.13. The zero-order valence-electron chi connectivity index (χ0n) is 12.4. The Kier molecular flexibility index (Phi) is 3.47. The number of hydrogen-bond acceptors (Lipinski definition) is 9. The first-order valence-electron chi connectivity index (χ1n) is 7.51. The van der Waals surface area contributed by atoms with Gasteiger partial charge in [0.1, 0.15) is 24.1 Å². The number of ether oxygens (including phenoxy) is 1. The number of hydroxylamine groups is 2. The molecule has 3 heterocycles. The number of amides is 1. The van der Waals surface area contributed by atoms with Gasteiger partial charge in [-0.25, -0.2) is 19.7 Å². The molecular weight excluding hydrogens is 320 g/mol. The normalized spacial score (nSPS) is 31.5. The van der Waals surface area contributed by atoms with Crippen molar-refractivity contribution < 1.29 is 24.8 Å². The van der Waals surface area contributed by atoms with Crippen LogP contribution in [-0.2, 0) is 9.53 Å². The minimum atomic E-state index is -1.51. The lowest BCUT2D eigenvalue weighted by Gasteiger charge is -2.23. The van der Waals surface area contributed by atoms with E-state index in [9.17, 15) is 20.2 Å². The molecule has 0 spiro atoms. The van der Waals surface area contributed by atoms with Crippen molar-refractivity contribution in [1.82, 2.24) is 19.5 Å². The van der Waals surface area contributed by atoms with E-state index in [0.29, 0.717) is 24.0 Å². The van der Waals surface area contributed by atoms with Gasteiger partial charge in [0.05, 0.1) is 12.4 Å². The molecule has 1 saturated carbocycles. The van der Waals surface area contributed by atoms with Crippen LogP contribution in [0.5, 0.6) is 0 Å². The first kappa shape index (κ1) is 15.4. The molecule has 0 radical (unpaired) electrons. The van der Waals surface area contributed by atoms with Crippen LogP contribution >= 0.6 is 0 Å². The second kappa shape index (κ2) is 5.43. The van der Waals surface area contributed by atoms with Gasteiger partial charge in [-0.15, -0.1) is 0 Å². The molecule has 1 unspecified atom stereocenters. The third-order valence-corrected chi connectivity index (χ3v) is 4.35. The van der Waals surface area contributed by atoms with Gasteiger partial charge in [0, 0.05) is 12.8 Å². The molecule has 2 aliphatic rings. The van der Waals surface area contributed by atoms with Crippen LogP contribution in [0.1, 0.15) is 19.1 Å². The monoisotopic (exact) mass is 336 g/mol. The number of aliphatic hydroxyl groups is 2. The van der Waals surface area contributed by atoms with E-state index in [1.165, 1.54) is 17.2 Å². The number of aliphatic hydroxyl groups excluding tert-OH is 2. The van der Waals surface area contributed by atoms with E-state index in [1.807, 2.05) is 0 Å².